The van der Waals surface area contributed by atoms with Crippen molar-refractivity contribution in [3.8, 4) is 23.4 Å². The van der Waals surface area contributed by atoms with Crippen LogP contribution in [0.15, 0.2) is 16.5 Å². The van der Waals surface area contributed by atoms with E-state index in [9.17, 15) is 5.11 Å². The molecule has 4 rings (SSSR count). The minimum atomic E-state index is -0.681. The van der Waals surface area contributed by atoms with Crippen molar-refractivity contribution in [2.75, 3.05) is 6.61 Å². The Hall–Kier alpha value is -2.40. The fraction of sp³-hybridized carbons (Fsp3) is 0.500. The number of nitrogens with zero attached hydrogens (tertiary/aromatic N) is 4. The molecule has 1 saturated heterocycles. The third-order valence-corrected chi connectivity index (χ3v) is 5.36. The van der Waals surface area contributed by atoms with Gasteiger partial charge in [0, 0.05) is 12.8 Å². The van der Waals surface area contributed by atoms with E-state index in [1.165, 1.54) is 19.3 Å². The number of fused-ring (bicyclic) bond motifs is 1. The zero-order valence-corrected chi connectivity index (χ0v) is 17.9. The molecule has 0 aliphatic carbocycles. The molecule has 30 heavy (non-hydrogen) atoms. The highest BCUT2D eigenvalue weighted by Crippen LogP contribution is 2.35. The number of ether oxygens (including phenoxy) is 1. The third-order valence-electron chi connectivity index (χ3n) is 5.10. The number of hydrogen-bond acceptors (Lipinski definition) is 6. The van der Waals surface area contributed by atoms with Crippen LogP contribution >= 0.6 is 11.6 Å². The van der Waals surface area contributed by atoms with Crippen LogP contribution in [0.1, 0.15) is 63.3 Å². The van der Waals surface area contributed by atoms with Gasteiger partial charge in [0.25, 0.3) is 0 Å². The summed E-state index contributed by atoms with van der Waals surface area (Å²) in [5.74, 6) is 8.27. The molecule has 3 aromatic rings. The van der Waals surface area contributed by atoms with Crippen molar-refractivity contribution in [1.29, 1.82) is 0 Å². The van der Waals surface area contributed by atoms with Crippen LogP contribution < -0.4 is 0 Å². The lowest BCUT2D eigenvalue weighted by molar-refractivity contribution is -0.00536. The fourth-order valence-electron chi connectivity index (χ4n) is 3.56. The van der Waals surface area contributed by atoms with Crippen molar-refractivity contribution in [2.45, 2.75) is 64.7 Å². The second-order valence-electron chi connectivity index (χ2n) is 7.46. The van der Waals surface area contributed by atoms with E-state index in [0.717, 1.165) is 18.6 Å². The first-order chi connectivity index (χ1) is 14.6. The van der Waals surface area contributed by atoms with Gasteiger partial charge in [-0.05, 0) is 31.4 Å². The molecule has 7 nitrogen and oxygen atoms in total. The van der Waals surface area contributed by atoms with Gasteiger partial charge < -0.3 is 14.3 Å². The summed E-state index contributed by atoms with van der Waals surface area (Å²) in [5, 5.41) is 10.7. The Balaban J connectivity index is 1.76. The smallest absolute Gasteiger partial charge is 0.208 e. The van der Waals surface area contributed by atoms with Gasteiger partial charge >= 0.3 is 0 Å². The SMILES string of the molecule is CCCCCCC#Cc1nc(Cl)c2nc(-c3ccc(C)o3)n([C@@H]3OCC[C@H]3O)c2n1. The number of aryl methyl sites for hydroxylation is 1. The van der Waals surface area contributed by atoms with E-state index in [-0.39, 0.29) is 5.15 Å². The monoisotopic (exact) mass is 428 g/mol. The van der Waals surface area contributed by atoms with Crippen molar-refractivity contribution < 1.29 is 14.3 Å². The van der Waals surface area contributed by atoms with Gasteiger partial charge in [0.2, 0.25) is 5.82 Å². The van der Waals surface area contributed by atoms with Gasteiger partial charge in [-0.3, -0.25) is 4.57 Å². The third kappa shape index (κ3) is 4.22. The highest BCUT2D eigenvalue weighted by Gasteiger charge is 2.33. The molecule has 1 fully saturated rings. The zero-order valence-electron chi connectivity index (χ0n) is 17.2. The number of rotatable bonds is 6. The minimum Gasteiger partial charge on any atom is -0.458 e. The molecular formula is C22H25ClN4O3. The molecule has 1 aliphatic heterocycles. The molecule has 1 aliphatic rings. The quantitative estimate of drug-likeness (QED) is 0.349. The Bertz CT molecular complexity index is 1100. The maximum Gasteiger partial charge on any atom is 0.208 e. The highest BCUT2D eigenvalue weighted by atomic mass is 35.5. The van der Waals surface area contributed by atoms with Crippen molar-refractivity contribution in [3.63, 3.8) is 0 Å². The van der Waals surface area contributed by atoms with E-state index in [4.69, 9.17) is 20.8 Å². The first kappa shape index (κ1) is 20.9. The van der Waals surface area contributed by atoms with Gasteiger partial charge in [-0.1, -0.05) is 43.7 Å². The topological polar surface area (TPSA) is 86.2 Å². The van der Waals surface area contributed by atoms with Crippen LogP contribution in [0.5, 0.6) is 0 Å². The summed E-state index contributed by atoms with van der Waals surface area (Å²) >= 11 is 6.44. The molecule has 1 N–H and O–H groups in total. The zero-order chi connectivity index (χ0) is 21.1. The van der Waals surface area contributed by atoms with Crippen molar-refractivity contribution in [3.05, 3.63) is 28.9 Å². The Morgan fingerprint density at radius 1 is 1.23 bits per heavy atom. The van der Waals surface area contributed by atoms with Gasteiger partial charge in [0.05, 0.1) is 6.61 Å². The lowest BCUT2D eigenvalue weighted by Gasteiger charge is -2.18. The number of imidazole rings is 1. The van der Waals surface area contributed by atoms with E-state index >= 15 is 0 Å². The van der Waals surface area contributed by atoms with E-state index in [0.29, 0.717) is 41.6 Å². The molecule has 0 amide bonds. The van der Waals surface area contributed by atoms with Crippen LogP contribution in [0.3, 0.4) is 0 Å². The van der Waals surface area contributed by atoms with E-state index < -0.39 is 12.3 Å². The van der Waals surface area contributed by atoms with Crippen molar-refractivity contribution in [1.82, 2.24) is 19.5 Å². The number of furan rings is 1. The van der Waals surface area contributed by atoms with Crippen LogP contribution in [0.2, 0.25) is 5.15 Å². The maximum atomic E-state index is 10.5. The number of aromatic nitrogens is 4. The number of aliphatic hydroxyl groups excluding tert-OH is 1. The molecule has 158 valence electrons. The summed E-state index contributed by atoms with van der Waals surface area (Å²) < 4.78 is 13.3. The maximum absolute atomic E-state index is 10.5. The molecule has 0 spiro atoms. The van der Waals surface area contributed by atoms with E-state index in [1.54, 1.807) is 4.57 Å². The molecule has 0 unspecified atom stereocenters. The largest absolute Gasteiger partial charge is 0.458 e. The molecule has 0 bridgehead atoms. The fourth-order valence-corrected chi connectivity index (χ4v) is 3.76. The molecule has 3 aromatic heterocycles. The van der Waals surface area contributed by atoms with Crippen LogP contribution in [-0.2, 0) is 4.74 Å². The van der Waals surface area contributed by atoms with Crippen LogP contribution in [0, 0.1) is 18.8 Å². The highest BCUT2D eigenvalue weighted by molar-refractivity contribution is 6.33. The molecular weight excluding hydrogens is 404 g/mol. The normalized spacial score (nSPS) is 18.7. The lowest BCUT2D eigenvalue weighted by atomic mass is 10.2. The Morgan fingerprint density at radius 2 is 2.10 bits per heavy atom. The van der Waals surface area contributed by atoms with Gasteiger partial charge in [0.15, 0.2) is 28.6 Å². The van der Waals surface area contributed by atoms with Crippen molar-refractivity contribution >= 4 is 22.8 Å². The number of unbranched alkanes of at least 4 members (excludes halogenated alkanes) is 4. The Morgan fingerprint density at radius 3 is 2.80 bits per heavy atom. The van der Waals surface area contributed by atoms with Gasteiger partial charge in [0.1, 0.15) is 17.4 Å². The van der Waals surface area contributed by atoms with Crippen LogP contribution in [-0.4, -0.2) is 37.3 Å². The average molecular weight is 429 g/mol. The van der Waals surface area contributed by atoms with E-state index in [1.807, 2.05) is 19.1 Å². The second kappa shape index (κ2) is 9.17. The number of hydrogen-bond donors (Lipinski definition) is 1. The summed E-state index contributed by atoms with van der Waals surface area (Å²) in [4.78, 5) is 13.5. The number of aliphatic hydroxyl groups is 1. The van der Waals surface area contributed by atoms with Gasteiger partial charge in [-0.15, -0.1) is 0 Å². The van der Waals surface area contributed by atoms with Gasteiger partial charge in [-0.25, -0.2) is 15.0 Å². The summed E-state index contributed by atoms with van der Waals surface area (Å²) in [6.07, 6.45) is 4.65. The van der Waals surface area contributed by atoms with Crippen LogP contribution in [0.4, 0.5) is 0 Å². The molecule has 4 heterocycles. The van der Waals surface area contributed by atoms with Crippen molar-refractivity contribution in [2.24, 2.45) is 0 Å². The molecule has 0 aromatic carbocycles. The summed E-state index contributed by atoms with van der Waals surface area (Å²) in [7, 11) is 0. The average Bonchev–Trinajstić information content (AvgIpc) is 3.43. The number of halogens is 1. The predicted octanol–water partition coefficient (Wildman–Crippen LogP) is 4.65. The minimum absolute atomic E-state index is 0.214. The summed E-state index contributed by atoms with van der Waals surface area (Å²) in [5.41, 5.74) is 0.900. The second-order valence-corrected chi connectivity index (χ2v) is 7.81. The molecule has 0 radical (unpaired) electrons. The first-order valence-electron chi connectivity index (χ1n) is 10.4. The Kier molecular flexibility index (Phi) is 6.38. The molecule has 0 saturated carbocycles. The van der Waals surface area contributed by atoms with Gasteiger partial charge in [-0.2, -0.15) is 0 Å². The van der Waals surface area contributed by atoms with E-state index in [2.05, 4.69) is 33.7 Å². The first-order valence-corrected chi connectivity index (χ1v) is 10.8. The molecule has 2 atom stereocenters. The summed E-state index contributed by atoms with van der Waals surface area (Å²) in [6, 6.07) is 3.68. The summed E-state index contributed by atoms with van der Waals surface area (Å²) in [6.45, 7) is 4.49. The standard InChI is InChI=1S/C22H25ClN4O3/c1-3-4-5-6-7-8-9-17-24-19(23)18-21(25-17)27(22-15(28)12-13-29-22)20(26-18)16-11-10-14(2)30-16/h10-11,15,22,28H,3-7,12-13H2,1-2H3/t15-,22-/m1/s1. The lowest BCUT2D eigenvalue weighted by Crippen LogP contribution is -2.20. The van der Waals surface area contributed by atoms with Crippen LogP contribution in [0.25, 0.3) is 22.7 Å². The Labute approximate surface area is 180 Å². The predicted molar refractivity (Wildman–Crippen MR) is 114 cm³/mol. The molecule has 8 heteroatoms.